The predicted octanol–water partition coefficient (Wildman–Crippen LogP) is 4.86. The first kappa shape index (κ1) is 16.2. The van der Waals surface area contributed by atoms with Gasteiger partial charge in [0.25, 0.3) is 0 Å². The molecule has 1 aliphatic rings. The molecule has 3 nitrogen and oxygen atoms in total. The number of primary amides is 1. The molecular formula is C23H20N2O. The molecule has 1 aliphatic carbocycles. The summed E-state index contributed by atoms with van der Waals surface area (Å²) in [5.41, 5.74) is 13.5. The zero-order chi connectivity index (χ0) is 17.9. The number of carbonyl (C=O) groups excluding carboxylic acids is 1. The van der Waals surface area contributed by atoms with E-state index in [1.54, 1.807) is 0 Å². The van der Waals surface area contributed by atoms with Gasteiger partial charge in [-0.3, -0.25) is 0 Å². The molecule has 26 heavy (non-hydrogen) atoms. The summed E-state index contributed by atoms with van der Waals surface area (Å²) in [6.07, 6.45) is 4.31. The van der Waals surface area contributed by atoms with E-state index in [4.69, 9.17) is 5.73 Å². The molecular weight excluding hydrogens is 320 g/mol. The second-order valence-electron chi connectivity index (χ2n) is 6.48. The Morgan fingerprint density at radius 1 is 0.808 bits per heavy atom. The van der Waals surface area contributed by atoms with Crippen LogP contribution in [0.15, 0.2) is 72.8 Å². The molecule has 0 spiro atoms. The van der Waals surface area contributed by atoms with Gasteiger partial charge in [-0.05, 0) is 64.4 Å². The number of urea groups is 1. The Balaban J connectivity index is 1.82. The van der Waals surface area contributed by atoms with E-state index < -0.39 is 6.03 Å². The molecule has 3 heteroatoms. The van der Waals surface area contributed by atoms with Crippen molar-refractivity contribution in [2.24, 2.45) is 5.73 Å². The molecule has 3 aromatic carbocycles. The van der Waals surface area contributed by atoms with Crippen LogP contribution in [0.5, 0.6) is 0 Å². The standard InChI is InChI=1S/C23H20N2O/c24-23(26)25-19-13-9-16(10-14-19)15-22-20-7-3-1-5-17(20)11-12-18-6-2-4-8-21(18)22/h1-10,13-15H,11-12H2,(H3,24,25,26). The fourth-order valence-electron chi connectivity index (χ4n) is 3.54. The summed E-state index contributed by atoms with van der Waals surface area (Å²) in [7, 11) is 0. The highest BCUT2D eigenvalue weighted by Gasteiger charge is 2.17. The van der Waals surface area contributed by atoms with Crippen LogP contribution in [-0.4, -0.2) is 6.03 Å². The van der Waals surface area contributed by atoms with Crippen molar-refractivity contribution in [3.05, 3.63) is 101 Å². The zero-order valence-electron chi connectivity index (χ0n) is 14.4. The van der Waals surface area contributed by atoms with E-state index in [0.717, 1.165) is 18.4 Å². The molecule has 0 unspecified atom stereocenters. The highest BCUT2D eigenvalue weighted by atomic mass is 16.2. The van der Waals surface area contributed by atoms with Crippen molar-refractivity contribution in [1.82, 2.24) is 0 Å². The number of rotatable bonds is 2. The van der Waals surface area contributed by atoms with E-state index in [2.05, 4.69) is 59.9 Å². The molecule has 3 aromatic rings. The Labute approximate surface area is 153 Å². The first-order valence-corrected chi connectivity index (χ1v) is 8.75. The van der Waals surface area contributed by atoms with Crippen molar-refractivity contribution in [3.8, 4) is 0 Å². The maximum Gasteiger partial charge on any atom is 0.316 e. The van der Waals surface area contributed by atoms with Crippen LogP contribution in [-0.2, 0) is 12.8 Å². The topological polar surface area (TPSA) is 55.1 Å². The molecule has 128 valence electrons. The largest absolute Gasteiger partial charge is 0.351 e. The second-order valence-corrected chi connectivity index (χ2v) is 6.48. The molecule has 0 fully saturated rings. The number of anilines is 1. The van der Waals surface area contributed by atoms with Gasteiger partial charge < -0.3 is 11.1 Å². The number of carbonyl (C=O) groups is 1. The Kier molecular flexibility index (Phi) is 4.28. The summed E-state index contributed by atoms with van der Waals surface area (Å²) in [5, 5.41) is 2.60. The summed E-state index contributed by atoms with van der Waals surface area (Å²) in [5.74, 6) is 0. The Morgan fingerprint density at radius 2 is 1.35 bits per heavy atom. The van der Waals surface area contributed by atoms with Crippen molar-refractivity contribution < 1.29 is 4.79 Å². The first-order valence-electron chi connectivity index (χ1n) is 8.75. The van der Waals surface area contributed by atoms with Crippen LogP contribution >= 0.6 is 0 Å². The van der Waals surface area contributed by atoms with Gasteiger partial charge in [-0.15, -0.1) is 0 Å². The van der Waals surface area contributed by atoms with Crippen molar-refractivity contribution in [1.29, 1.82) is 0 Å². The van der Waals surface area contributed by atoms with Gasteiger partial charge >= 0.3 is 6.03 Å². The van der Waals surface area contributed by atoms with Crippen LogP contribution in [0.1, 0.15) is 27.8 Å². The molecule has 0 radical (unpaired) electrons. The lowest BCUT2D eigenvalue weighted by atomic mass is 9.92. The van der Waals surface area contributed by atoms with Crippen molar-refractivity contribution in [3.63, 3.8) is 0 Å². The summed E-state index contributed by atoms with van der Waals surface area (Å²) < 4.78 is 0. The third kappa shape index (κ3) is 3.24. The molecule has 2 amide bonds. The molecule has 0 aromatic heterocycles. The van der Waals surface area contributed by atoms with E-state index in [1.807, 2.05) is 24.3 Å². The molecule has 0 aliphatic heterocycles. The number of hydrogen-bond donors (Lipinski definition) is 2. The maximum atomic E-state index is 11.0. The summed E-state index contributed by atoms with van der Waals surface area (Å²) >= 11 is 0. The van der Waals surface area contributed by atoms with E-state index in [-0.39, 0.29) is 0 Å². The highest BCUT2D eigenvalue weighted by Crippen LogP contribution is 2.34. The van der Waals surface area contributed by atoms with Gasteiger partial charge in [0.05, 0.1) is 0 Å². The second kappa shape index (κ2) is 6.89. The van der Waals surface area contributed by atoms with Crippen LogP contribution in [0, 0.1) is 0 Å². The lowest BCUT2D eigenvalue weighted by Gasteiger charge is -2.12. The van der Waals surface area contributed by atoms with E-state index in [1.165, 1.54) is 27.8 Å². The minimum Gasteiger partial charge on any atom is -0.351 e. The van der Waals surface area contributed by atoms with Crippen molar-refractivity contribution in [2.45, 2.75) is 12.8 Å². The molecule has 0 heterocycles. The van der Waals surface area contributed by atoms with Crippen LogP contribution < -0.4 is 11.1 Å². The Bertz CT molecular complexity index is 938. The lowest BCUT2D eigenvalue weighted by Crippen LogP contribution is -2.19. The monoisotopic (exact) mass is 340 g/mol. The van der Waals surface area contributed by atoms with E-state index in [9.17, 15) is 4.79 Å². The average Bonchev–Trinajstić information content (AvgIpc) is 2.81. The summed E-state index contributed by atoms with van der Waals surface area (Å²) in [4.78, 5) is 11.0. The Hall–Kier alpha value is -3.33. The number of hydrogen-bond acceptors (Lipinski definition) is 1. The molecule has 0 bridgehead atoms. The minimum absolute atomic E-state index is 0.553. The van der Waals surface area contributed by atoms with Crippen LogP contribution in [0.2, 0.25) is 0 Å². The maximum absolute atomic E-state index is 11.0. The number of aryl methyl sites for hydroxylation is 2. The van der Waals surface area contributed by atoms with Crippen LogP contribution in [0.25, 0.3) is 11.6 Å². The van der Waals surface area contributed by atoms with E-state index >= 15 is 0 Å². The van der Waals surface area contributed by atoms with Crippen molar-refractivity contribution in [2.75, 3.05) is 5.32 Å². The third-order valence-electron chi connectivity index (χ3n) is 4.77. The Morgan fingerprint density at radius 3 is 1.88 bits per heavy atom. The number of nitrogens with two attached hydrogens (primary N) is 1. The normalized spacial score (nSPS) is 12.5. The van der Waals surface area contributed by atoms with Gasteiger partial charge in [0.1, 0.15) is 0 Å². The van der Waals surface area contributed by atoms with E-state index in [0.29, 0.717) is 5.69 Å². The third-order valence-corrected chi connectivity index (χ3v) is 4.77. The van der Waals surface area contributed by atoms with Crippen LogP contribution in [0.4, 0.5) is 10.5 Å². The fourth-order valence-corrected chi connectivity index (χ4v) is 3.54. The average molecular weight is 340 g/mol. The first-order chi connectivity index (χ1) is 12.7. The van der Waals surface area contributed by atoms with Gasteiger partial charge in [0.15, 0.2) is 0 Å². The number of nitrogens with one attached hydrogen (secondary N) is 1. The minimum atomic E-state index is -0.553. The fraction of sp³-hybridized carbons (Fsp3) is 0.0870. The molecule has 0 saturated carbocycles. The SMILES string of the molecule is NC(=O)Nc1ccc(C=C2c3ccccc3CCc3ccccc32)cc1. The molecule has 4 rings (SSSR count). The number of amides is 2. The zero-order valence-corrected chi connectivity index (χ0v) is 14.4. The van der Waals surface area contributed by atoms with Gasteiger partial charge in [0.2, 0.25) is 0 Å². The van der Waals surface area contributed by atoms with Gasteiger partial charge in [-0.25, -0.2) is 4.79 Å². The summed E-state index contributed by atoms with van der Waals surface area (Å²) in [6, 6.07) is 24.4. The predicted molar refractivity (Wildman–Crippen MR) is 107 cm³/mol. The van der Waals surface area contributed by atoms with Crippen molar-refractivity contribution >= 4 is 23.4 Å². The number of fused-ring (bicyclic) bond motifs is 2. The van der Waals surface area contributed by atoms with Crippen LogP contribution in [0.3, 0.4) is 0 Å². The van der Waals surface area contributed by atoms with Gasteiger partial charge in [-0.2, -0.15) is 0 Å². The molecule has 0 atom stereocenters. The van der Waals surface area contributed by atoms with Gasteiger partial charge in [0, 0.05) is 5.69 Å². The smallest absolute Gasteiger partial charge is 0.316 e. The van der Waals surface area contributed by atoms with Gasteiger partial charge in [-0.1, -0.05) is 60.7 Å². The molecule has 0 saturated heterocycles. The summed E-state index contributed by atoms with van der Waals surface area (Å²) in [6.45, 7) is 0. The lowest BCUT2D eigenvalue weighted by molar-refractivity contribution is 0.259. The molecule has 3 N–H and O–H groups in total. The highest BCUT2D eigenvalue weighted by molar-refractivity contribution is 5.94. The quantitative estimate of drug-likeness (QED) is 0.687. The number of benzene rings is 3.